The van der Waals surface area contributed by atoms with Crippen molar-refractivity contribution in [1.29, 1.82) is 0 Å². The molecule has 4 atom stereocenters. The molecule has 3 heterocycles. The summed E-state index contributed by atoms with van der Waals surface area (Å²) >= 11 is 6.26. The number of benzene rings is 3. The molecule has 3 aliphatic heterocycles. The van der Waals surface area contributed by atoms with Gasteiger partial charge in [0.2, 0.25) is 5.91 Å². The molecule has 3 aromatic carbocycles. The van der Waals surface area contributed by atoms with E-state index in [-0.39, 0.29) is 18.4 Å². The van der Waals surface area contributed by atoms with Crippen molar-refractivity contribution in [2.75, 3.05) is 38.3 Å². The fraction of sp³-hybridized carbons (Fsp3) is 0.441. The summed E-state index contributed by atoms with van der Waals surface area (Å²) in [5, 5.41) is 16.1. The topological polar surface area (TPSA) is 80.3 Å². The van der Waals surface area contributed by atoms with Crippen molar-refractivity contribution in [3.63, 3.8) is 0 Å². The van der Waals surface area contributed by atoms with Crippen LogP contribution in [0.5, 0.6) is 11.5 Å². The molecule has 3 aromatic rings. The number of nitrogens with zero attached hydrogens (tertiary/aromatic N) is 1. The van der Waals surface area contributed by atoms with E-state index in [0.29, 0.717) is 35.6 Å². The molecule has 8 heteroatoms. The van der Waals surface area contributed by atoms with Crippen LogP contribution < -0.4 is 19.7 Å². The van der Waals surface area contributed by atoms with E-state index >= 15 is 0 Å². The quantitative estimate of drug-likeness (QED) is 0.370. The molecule has 2 bridgehead atoms. The summed E-state index contributed by atoms with van der Waals surface area (Å²) in [7, 11) is 1.61. The molecule has 0 saturated carbocycles. The van der Waals surface area contributed by atoms with E-state index in [9.17, 15) is 9.90 Å². The second-order valence-corrected chi connectivity index (χ2v) is 12.8. The van der Waals surface area contributed by atoms with Crippen molar-refractivity contribution in [3.8, 4) is 11.5 Å². The molecule has 2 saturated heterocycles. The number of ether oxygens (including phenoxy) is 3. The van der Waals surface area contributed by atoms with Crippen LogP contribution in [-0.2, 0) is 21.6 Å². The lowest BCUT2D eigenvalue weighted by Crippen LogP contribution is -2.60. The maximum atomic E-state index is 13.9. The van der Waals surface area contributed by atoms with E-state index in [0.717, 1.165) is 47.5 Å². The fourth-order valence-corrected chi connectivity index (χ4v) is 7.08. The average Bonchev–Trinajstić information content (AvgIpc) is 2.97. The second kappa shape index (κ2) is 11.2. The molecule has 0 aliphatic carbocycles. The Morgan fingerprint density at radius 3 is 2.55 bits per heavy atom. The first-order valence-electron chi connectivity index (χ1n) is 14.7. The summed E-state index contributed by atoms with van der Waals surface area (Å²) < 4.78 is 17.7. The Morgan fingerprint density at radius 2 is 1.86 bits per heavy atom. The lowest BCUT2D eigenvalue weighted by Gasteiger charge is -2.53. The maximum absolute atomic E-state index is 13.9. The Balaban J connectivity index is 1.41. The number of nitrogens with one attached hydrogen (secondary N) is 1. The second-order valence-electron chi connectivity index (χ2n) is 12.4. The third-order valence-corrected chi connectivity index (χ3v) is 9.44. The molecule has 3 aliphatic rings. The Hall–Kier alpha value is -3.10. The first kappa shape index (κ1) is 29.0. The van der Waals surface area contributed by atoms with Crippen LogP contribution in [0.1, 0.15) is 55.5 Å². The molecule has 42 heavy (non-hydrogen) atoms. The van der Waals surface area contributed by atoms with Gasteiger partial charge in [0.05, 0.1) is 44.5 Å². The number of fused-ring (bicyclic) bond motifs is 3. The van der Waals surface area contributed by atoms with Crippen molar-refractivity contribution in [2.45, 2.75) is 51.4 Å². The molecule has 7 nitrogen and oxygen atoms in total. The highest BCUT2D eigenvalue weighted by molar-refractivity contribution is 6.30. The normalized spacial score (nSPS) is 25.1. The van der Waals surface area contributed by atoms with Crippen LogP contribution in [0.3, 0.4) is 0 Å². The molecule has 1 amide bonds. The largest absolute Gasteiger partial charge is 0.493 e. The molecule has 0 radical (unpaired) electrons. The summed E-state index contributed by atoms with van der Waals surface area (Å²) in [6, 6.07) is 18.9. The summed E-state index contributed by atoms with van der Waals surface area (Å²) in [4.78, 5) is 15.7. The standard InChI is InChI=1S/C34H39ClN2O5/c1-21(2)42-30-15-28-24(13-29(30)40-4)14-31(38)37(32(28)23-5-9-26(35)10-6-23)27-11-7-25(8-12-27)33(3,39)34-16-22(17-36-19-34)18-41-20-34/h5-13,15,21-22,32,36,39H,14,16-20H2,1-4H3/t22?,32-,33?,34?/m0/s1. The molecular weight excluding hydrogens is 552 g/mol. The molecule has 2 N–H and O–H groups in total. The molecule has 0 spiro atoms. The minimum absolute atomic E-state index is 0.0277. The van der Waals surface area contributed by atoms with Gasteiger partial charge < -0.3 is 29.5 Å². The number of anilines is 1. The number of carbonyl (C=O) groups excluding carboxylic acids is 1. The molecule has 6 rings (SSSR count). The maximum Gasteiger partial charge on any atom is 0.232 e. The predicted molar refractivity (Wildman–Crippen MR) is 163 cm³/mol. The van der Waals surface area contributed by atoms with Crippen LogP contribution in [0.15, 0.2) is 60.7 Å². The summed E-state index contributed by atoms with van der Waals surface area (Å²) in [6.45, 7) is 8.69. The van der Waals surface area contributed by atoms with Gasteiger partial charge in [0.1, 0.15) is 0 Å². The average molecular weight is 591 g/mol. The third kappa shape index (κ3) is 5.06. The van der Waals surface area contributed by atoms with Crippen molar-refractivity contribution >= 4 is 23.2 Å². The molecule has 2 fully saturated rings. The number of methoxy groups -OCH3 is 1. The molecule has 222 valence electrons. The third-order valence-electron chi connectivity index (χ3n) is 9.19. The van der Waals surface area contributed by atoms with E-state index < -0.39 is 17.1 Å². The first-order chi connectivity index (χ1) is 20.1. The highest BCUT2D eigenvalue weighted by Crippen LogP contribution is 2.49. The molecular formula is C34H39ClN2O5. The number of hydrogen-bond donors (Lipinski definition) is 2. The van der Waals surface area contributed by atoms with Crippen molar-refractivity contribution in [3.05, 3.63) is 87.9 Å². The van der Waals surface area contributed by atoms with E-state index in [1.165, 1.54) is 0 Å². The van der Waals surface area contributed by atoms with Gasteiger partial charge in [-0.15, -0.1) is 0 Å². The Morgan fingerprint density at radius 1 is 1.12 bits per heavy atom. The zero-order chi connectivity index (χ0) is 29.6. The van der Waals surface area contributed by atoms with Crippen LogP contribution in [0.2, 0.25) is 5.02 Å². The van der Waals surface area contributed by atoms with Crippen LogP contribution in [0, 0.1) is 11.3 Å². The number of piperidine rings is 1. The van der Waals surface area contributed by atoms with Gasteiger partial charge >= 0.3 is 0 Å². The van der Waals surface area contributed by atoms with E-state index in [1.807, 2.05) is 86.3 Å². The van der Waals surface area contributed by atoms with Crippen LogP contribution >= 0.6 is 11.6 Å². The lowest BCUT2D eigenvalue weighted by molar-refractivity contribution is -0.170. The molecule has 0 aromatic heterocycles. The van der Waals surface area contributed by atoms with Gasteiger partial charge in [-0.2, -0.15) is 0 Å². The van der Waals surface area contributed by atoms with Crippen LogP contribution in [0.25, 0.3) is 0 Å². The Labute approximate surface area is 252 Å². The minimum atomic E-state index is -1.11. The number of rotatable bonds is 7. The Bertz CT molecular complexity index is 1440. The SMILES string of the molecule is COc1cc2c(cc1OC(C)C)[C@H](c1ccc(Cl)cc1)N(c1ccc(C(C)(O)C34CNCC(COC3)C4)cc1)C(=O)C2. The van der Waals surface area contributed by atoms with Gasteiger partial charge in [0.25, 0.3) is 0 Å². The number of hydrogen-bond acceptors (Lipinski definition) is 6. The highest BCUT2D eigenvalue weighted by atomic mass is 35.5. The van der Waals surface area contributed by atoms with Crippen molar-refractivity contribution < 1.29 is 24.1 Å². The number of amides is 1. The van der Waals surface area contributed by atoms with E-state index in [1.54, 1.807) is 7.11 Å². The zero-order valence-electron chi connectivity index (χ0n) is 24.7. The van der Waals surface area contributed by atoms with Gasteiger partial charge in [-0.1, -0.05) is 35.9 Å². The van der Waals surface area contributed by atoms with Crippen LogP contribution in [0.4, 0.5) is 5.69 Å². The first-order valence-corrected chi connectivity index (χ1v) is 15.1. The monoisotopic (exact) mass is 590 g/mol. The van der Waals surface area contributed by atoms with Gasteiger partial charge in [0.15, 0.2) is 11.5 Å². The predicted octanol–water partition coefficient (Wildman–Crippen LogP) is 5.65. The summed E-state index contributed by atoms with van der Waals surface area (Å²) in [5.74, 6) is 1.61. The van der Waals surface area contributed by atoms with Gasteiger partial charge in [-0.05, 0) is 91.8 Å². The fourth-order valence-electron chi connectivity index (χ4n) is 6.95. The van der Waals surface area contributed by atoms with Crippen LogP contribution in [-0.4, -0.2) is 50.5 Å². The van der Waals surface area contributed by atoms with Gasteiger partial charge in [-0.3, -0.25) is 4.79 Å². The van der Waals surface area contributed by atoms with E-state index in [4.69, 9.17) is 25.8 Å². The van der Waals surface area contributed by atoms with Crippen molar-refractivity contribution in [1.82, 2.24) is 5.32 Å². The van der Waals surface area contributed by atoms with E-state index in [2.05, 4.69) is 5.32 Å². The highest BCUT2D eigenvalue weighted by Gasteiger charge is 2.53. The summed E-state index contributed by atoms with van der Waals surface area (Å²) in [5.41, 5.74) is 2.86. The summed E-state index contributed by atoms with van der Waals surface area (Å²) in [6.07, 6.45) is 1.10. The molecule has 3 unspecified atom stereocenters. The minimum Gasteiger partial charge on any atom is -0.493 e. The number of carbonyl (C=O) groups is 1. The number of halogens is 1. The number of aliphatic hydroxyl groups is 1. The smallest absolute Gasteiger partial charge is 0.232 e. The Kier molecular flexibility index (Phi) is 7.73. The van der Waals surface area contributed by atoms with Crippen molar-refractivity contribution in [2.24, 2.45) is 11.3 Å². The van der Waals surface area contributed by atoms with Gasteiger partial charge in [-0.25, -0.2) is 0 Å². The zero-order valence-corrected chi connectivity index (χ0v) is 25.4. The lowest BCUT2D eigenvalue weighted by atomic mass is 9.62. The van der Waals surface area contributed by atoms with Gasteiger partial charge in [0, 0.05) is 29.2 Å².